The average Bonchev–Trinajstić information content (AvgIpc) is 2.40. The van der Waals surface area contributed by atoms with E-state index < -0.39 is 5.67 Å². The van der Waals surface area contributed by atoms with Crippen LogP contribution in [0.1, 0.15) is 94.4 Å². The molecule has 2 rings (SSSR count). The second kappa shape index (κ2) is 10.2. The van der Waals surface area contributed by atoms with Crippen LogP contribution in [0.4, 0.5) is 4.39 Å². The quantitative estimate of drug-likeness (QED) is 0.707. The molecule has 0 aromatic heterocycles. The molecule has 25 heavy (non-hydrogen) atoms. The van der Waals surface area contributed by atoms with Gasteiger partial charge in [0.1, 0.15) is 5.67 Å². The third-order valence-electron chi connectivity index (χ3n) is 4.52. The fourth-order valence-corrected chi connectivity index (χ4v) is 3.43. The third-order valence-corrected chi connectivity index (χ3v) is 4.52. The third kappa shape index (κ3) is 12.7. The minimum Gasteiger partial charge on any atom is -0.381 e. The molecule has 2 fully saturated rings. The fraction of sp³-hybridized carbons (Fsp3) is 1.00. The zero-order valence-corrected chi connectivity index (χ0v) is 17.1. The monoisotopic (exact) mass is 360 g/mol. The van der Waals surface area contributed by atoms with Gasteiger partial charge in [-0.25, -0.2) is 4.39 Å². The smallest absolute Gasteiger partial charge is 0.108 e. The van der Waals surface area contributed by atoms with Crippen molar-refractivity contribution in [2.24, 2.45) is 0 Å². The van der Waals surface area contributed by atoms with E-state index in [1.54, 1.807) is 6.92 Å². The number of nitrogens with one attached hydrogen (secondary N) is 2. The molecule has 0 bridgehead atoms. The molecule has 0 atom stereocenters. The molecule has 0 spiro atoms. The zero-order chi connectivity index (χ0) is 18.4. The van der Waals surface area contributed by atoms with Gasteiger partial charge < -0.3 is 15.4 Å². The maximum absolute atomic E-state index is 13.4. The van der Waals surface area contributed by atoms with Gasteiger partial charge in [0.2, 0.25) is 0 Å². The highest BCUT2D eigenvalue weighted by Crippen LogP contribution is 2.31. The Labute approximate surface area is 156 Å². The van der Waals surface area contributed by atoms with Gasteiger partial charge in [-0.2, -0.15) is 0 Å². The van der Waals surface area contributed by atoms with E-state index in [1.807, 2.05) is 0 Å². The number of halogens is 1. The summed E-state index contributed by atoms with van der Waals surface area (Å²) in [6, 6.07) is 1.19. The van der Waals surface area contributed by atoms with E-state index in [2.05, 4.69) is 52.2 Å². The van der Waals surface area contributed by atoms with Crippen LogP contribution in [0.25, 0.3) is 0 Å². The van der Waals surface area contributed by atoms with Crippen molar-refractivity contribution in [2.45, 2.75) is 123 Å². The van der Waals surface area contributed by atoms with Crippen LogP contribution >= 0.6 is 0 Å². The summed E-state index contributed by atoms with van der Waals surface area (Å²) in [4.78, 5) is 0. The fourth-order valence-electron chi connectivity index (χ4n) is 3.43. The van der Waals surface area contributed by atoms with E-state index in [0.29, 0.717) is 24.9 Å². The lowest BCUT2D eigenvalue weighted by Crippen LogP contribution is -2.46. The van der Waals surface area contributed by atoms with E-state index >= 15 is 0 Å². The van der Waals surface area contributed by atoms with Gasteiger partial charge in [-0.05, 0) is 87.0 Å². The van der Waals surface area contributed by atoms with Crippen molar-refractivity contribution >= 4 is 0 Å². The molecule has 2 N–H and O–H groups in total. The summed E-state index contributed by atoms with van der Waals surface area (Å²) in [5.74, 6) is 0. The summed E-state index contributed by atoms with van der Waals surface area (Å²) in [6.07, 6.45) is 5.70. The Morgan fingerprint density at radius 3 is 1.52 bits per heavy atom. The molecular formula is C21H45FN2O. The van der Waals surface area contributed by atoms with Crippen molar-refractivity contribution in [1.82, 2.24) is 10.6 Å². The standard InChI is InChI=1S/C11H22FN.C9H19NO.CH4/c1-10(2,3)13-9-5-7-11(4,12)8-6-9;1-9(2,3)10-8-4-6-11-7-5-8;/h9,13H,5-8H2,1-4H3;8,10H,4-7H2,1-3H3;1H4. The summed E-state index contributed by atoms with van der Waals surface area (Å²) in [6.45, 7) is 16.7. The molecular weight excluding hydrogens is 315 g/mol. The average molecular weight is 361 g/mol. The maximum Gasteiger partial charge on any atom is 0.108 e. The van der Waals surface area contributed by atoms with E-state index in [0.717, 1.165) is 38.9 Å². The highest BCUT2D eigenvalue weighted by molar-refractivity contribution is 4.88. The lowest BCUT2D eigenvalue weighted by molar-refractivity contribution is 0.0714. The molecule has 152 valence electrons. The minimum absolute atomic E-state index is 0. The Hall–Kier alpha value is -0.190. The van der Waals surface area contributed by atoms with Gasteiger partial charge in [0.05, 0.1) is 0 Å². The molecule has 0 aromatic rings. The van der Waals surface area contributed by atoms with E-state index in [4.69, 9.17) is 4.74 Å². The van der Waals surface area contributed by atoms with Crippen molar-refractivity contribution < 1.29 is 9.13 Å². The van der Waals surface area contributed by atoms with Gasteiger partial charge in [-0.15, -0.1) is 0 Å². The largest absolute Gasteiger partial charge is 0.381 e. The molecule has 1 heterocycles. The van der Waals surface area contributed by atoms with Crippen molar-refractivity contribution in [3.63, 3.8) is 0 Å². The molecule has 1 saturated heterocycles. The summed E-state index contributed by atoms with van der Waals surface area (Å²) in [5, 5.41) is 7.11. The van der Waals surface area contributed by atoms with E-state index in [-0.39, 0.29) is 18.5 Å². The summed E-state index contributed by atoms with van der Waals surface area (Å²) in [7, 11) is 0. The summed E-state index contributed by atoms with van der Waals surface area (Å²) >= 11 is 0. The predicted octanol–water partition coefficient (Wildman–Crippen LogP) is 5.23. The molecule has 2 aliphatic rings. The highest BCUT2D eigenvalue weighted by atomic mass is 19.1. The molecule has 0 aromatic carbocycles. The Kier molecular flexibility index (Phi) is 10.1. The lowest BCUT2D eigenvalue weighted by Gasteiger charge is -2.35. The number of hydrogen-bond acceptors (Lipinski definition) is 3. The molecule has 1 aliphatic carbocycles. The molecule has 1 saturated carbocycles. The maximum atomic E-state index is 13.4. The van der Waals surface area contributed by atoms with Gasteiger partial charge in [-0.3, -0.25) is 0 Å². The first-order chi connectivity index (χ1) is 10.9. The van der Waals surface area contributed by atoms with E-state index in [1.165, 1.54) is 0 Å². The van der Waals surface area contributed by atoms with Crippen LogP contribution in [0.5, 0.6) is 0 Å². The zero-order valence-electron chi connectivity index (χ0n) is 17.1. The summed E-state index contributed by atoms with van der Waals surface area (Å²) in [5.41, 5.74) is -0.493. The highest BCUT2D eigenvalue weighted by Gasteiger charge is 2.31. The van der Waals surface area contributed by atoms with Crippen LogP contribution in [-0.2, 0) is 4.74 Å². The number of alkyl halides is 1. The SMILES string of the molecule is C.CC(C)(C)NC1CCOCC1.CC1(F)CCC(NC(C)(C)C)CC1. The van der Waals surface area contributed by atoms with Crippen LogP contribution in [0.2, 0.25) is 0 Å². The number of rotatable bonds is 2. The van der Waals surface area contributed by atoms with Gasteiger partial charge in [0.25, 0.3) is 0 Å². The van der Waals surface area contributed by atoms with Crippen molar-refractivity contribution in [1.29, 1.82) is 0 Å². The van der Waals surface area contributed by atoms with E-state index in [9.17, 15) is 4.39 Å². The summed E-state index contributed by atoms with van der Waals surface area (Å²) < 4.78 is 18.7. The van der Waals surface area contributed by atoms with Gasteiger partial charge in [0, 0.05) is 36.4 Å². The molecule has 4 heteroatoms. The van der Waals surface area contributed by atoms with Crippen molar-refractivity contribution in [2.75, 3.05) is 13.2 Å². The molecule has 1 aliphatic heterocycles. The van der Waals surface area contributed by atoms with Gasteiger partial charge in [0.15, 0.2) is 0 Å². The van der Waals surface area contributed by atoms with Crippen molar-refractivity contribution in [3.05, 3.63) is 0 Å². The first-order valence-electron chi connectivity index (χ1n) is 9.68. The van der Waals surface area contributed by atoms with Crippen LogP contribution in [0, 0.1) is 0 Å². The second-order valence-electron chi connectivity index (χ2n) is 9.86. The number of ether oxygens (including phenoxy) is 1. The second-order valence-corrected chi connectivity index (χ2v) is 9.86. The van der Waals surface area contributed by atoms with Crippen molar-refractivity contribution in [3.8, 4) is 0 Å². The Balaban J connectivity index is 0.000000449. The van der Waals surface area contributed by atoms with Gasteiger partial charge in [-0.1, -0.05) is 7.43 Å². The number of hydrogen-bond donors (Lipinski definition) is 2. The first-order valence-corrected chi connectivity index (χ1v) is 9.68. The van der Waals surface area contributed by atoms with Crippen LogP contribution in [-0.4, -0.2) is 42.0 Å². The van der Waals surface area contributed by atoms with Gasteiger partial charge >= 0.3 is 0 Å². The normalized spacial score (nSPS) is 28.6. The van der Waals surface area contributed by atoms with Crippen LogP contribution in [0.15, 0.2) is 0 Å². The molecule has 0 radical (unpaired) electrons. The Morgan fingerprint density at radius 1 is 0.800 bits per heavy atom. The first kappa shape index (κ1) is 24.8. The van der Waals surface area contributed by atoms with Crippen LogP contribution < -0.4 is 10.6 Å². The topological polar surface area (TPSA) is 33.3 Å². The molecule has 0 amide bonds. The predicted molar refractivity (Wildman–Crippen MR) is 108 cm³/mol. The lowest BCUT2D eigenvalue weighted by atomic mass is 9.84. The Bertz CT molecular complexity index is 342. The Morgan fingerprint density at radius 2 is 1.16 bits per heavy atom. The van der Waals surface area contributed by atoms with Crippen LogP contribution in [0.3, 0.4) is 0 Å². The molecule has 0 unspecified atom stereocenters. The minimum atomic E-state index is -0.907. The molecule has 3 nitrogen and oxygen atoms in total.